The van der Waals surface area contributed by atoms with Crippen LogP contribution in [0.15, 0.2) is 39.5 Å². The van der Waals surface area contributed by atoms with Crippen LogP contribution in [-0.2, 0) is 19.5 Å². The Bertz CT molecular complexity index is 1160. The zero-order chi connectivity index (χ0) is 22.1. The van der Waals surface area contributed by atoms with Crippen molar-refractivity contribution in [3.8, 4) is 17.1 Å². The molecule has 0 unspecified atom stereocenters. The fraction of sp³-hybridized carbons (Fsp3) is 0.440. The molecule has 32 heavy (non-hydrogen) atoms. The van der Waals surface area contributed by atoms with Crippen molar-refractivity contribution in [2.75, 3.05) is 13.7 Å². The lowest BCUT2D eigenvalue weighted by Gasteiger charge is -2.28. The molecule has 168 valence electrons. The van der Waals surface area contributed by atoms with E-state index >= 15 is 0 Å². The van der Waals surface area contributed by atoms with Gasteiger partial charge in [0.15, 0.2) is 0 Å². The van der Waals surface area contributed by atoms with Gasteiger partial charge in [-0.15, -0.1) is 0 Å². The first-order valence-electron chi connectivity index (χ1n) is 11.4. The molecule has 2 aliphatic rings. The highest BCUT2D eigenvalue weighted by Crippen LogP contribution is 2.32. The summed E-state index contributed by atoms with van der Waals surface area (Å²) in [5, 5.41) is 0.551. The first kappa shape index (κ1) is 21.3. The highest BCUT2D eigenvalue weighted by molar-refractivity contribution is 6.32. The van der Waals surface area contributed by atoms with Crippen molar-refractivity contribution in [3.63, 3.8) is 0 Å². The van der Waals surface area contributed by atoms with Crippen LogP contribution in [-0.4, -0.2) is 28.5 Å². The van der Waals surface area contributed by atoms with Gasteiger partial charge in [0.25, 0.3) is 5.56 Å². The molecule has 5 rings (SSSR count). The van der Waals surface area contributed by atoms with Gasteiger partial charge in [-0.25, -0.2) is 4.98 Å². The Labute approximate surface area is 192 Å². The van der Waals surface area contributed by atoms with Gasteiger partial charge in [-0.3, -0.25) is 9.69 Å². The molecule has 0 atom stereocenters. The van der Waals surface area contributed by atoms with E-state index in [-0.39, 0.29) is 5.56 Å². The average Bonchev–Trinajstić information content (AvgIpc) is 3.28. The van der Waals surface area contributed by atoms with Crippen molar-refractivity contribution in [2.24, 2.45) is 0 Å². The van der Waals surface area contributed by atoms with Crippen LogP contribution in [0.3, 0.4) is 0 Å². The molecule has 0 bridgehead atoms. The Morgan fingerprint density at radius 1 is 1.22 bits per heavy atom. The molecule has 3 heterocycles. The smallest absolute Gasteiger partial charge is 0.255 e. The second kappa shape index (κ2) is 9.12. The molecule has 2 aromatic heterocycles. The van der Waals surface area contributed by atoms with Gasteiger partial charge in [-0.05, 0) is 43.2 Å². The van der Waals surface area contributed by atoms with E-state index in [2.05, 4.69) is 9.88 Å². The van der Waals surface area contributed by atoms with Gasteiger partial charge in [0.1, 0.15) is 23.1 Å². The lowest BCUT2D eigenvalue weighted by molar-refractivity contribution is 0.222. The molecule has 6 nitrogen and oxygen atoms in total. The van der Waals surface area contributed by atoms with Crippen molar-refractivity contribution in [1.82, 2.24) is 14.9 Å². The van der Waals surface area contributed by atoms with Gasteiger partial charge in [-0.2, -0.15) is 0 Å². The predicted molar refractivity (Wildman–Crippen MR) is 124 cm³/mol. The summed E-state index contributed by atoms with van der Waals surface area (Å²) in [5.41, 5.74) is 2.69. The SMILES string of the molecule is COc1ccc(-c2ccc(CN3CCc4nc(C5CCCCC5)[nH]c(=O)c4C3)o2)cc1Cl. The summed E-state index contributed by atoms with van der Waals surface area (Å²) in [7, 11) is 1.60. The zero-order valence-corrected chi connectivity index (χ0v) is 19.1. The summed E-state index contributed by atoms with van der Waals surface area (Å²) in [6, 6.07) is 9.55. The van der Waals surface area contributed by atoms with Crippen molar-refractivity contribution >= 4 is 11.6 Å². The molecule has 0 saturated heterocycles. The zero-order valence-electron chi connectivity index (χ0n) is 18.3. The highest BCUT2D eigenvalue weighted by atomic mass is 35.5. The second-order valence-corrected chi connectivity index (χ2v) is 9.19. The van der Waals surface area contributed by atoms with Crippen molar-refractivity contribution in [2.45, 2.75) is 57.5 Å². The van der Waals surface area contributed by atoms with Gasteiger partial charge in [-0.1, -0.05) is 30.9 Å². The van der Waals surface area contributed by atoms with Crippen LogP contribution < -0.4 is 10.3 Å². The van der Waals surface area contributed by atoms with E-state index < -0.39 is 0 Å². The quantitative estimate of drug-likeness (QED) is 0.567. The molecule has 0 spiro atoms. The molecular formula is C25H28ClN3O3. The first-order chi connectivity index (χ1) is 15.6. The number of ether oxygens (including phenoxy) is 1. The third-order valence-electron chi connectivity index (χ3n) is 6.64. The van der Waals surface area contributed by atoms with Gasteiger partial charge in [0.2, 0.25) is 0 Å². The van der Waals surface area contributed by atoms with Gasteiger partial charge in [0.05, 0.1) is 29.9 Å². The van der Waals surface area contributed by atoms with Crippen molar-refractivity contribution in [3.05, 3.63) is 68.6 Å². The molecule has 1 aliphatic carbocycles. The number of aromatic nitrogens is 2. The first-order valence-corrected chi connectivity index (χ1v) is 11.8. The average molecular weight is 454 g/mol. The van der Waals surface area contributed by atoms with Crippen LogP contribution >= 0.6 is 11.6 Å². The Morgan fingerprint density at radius 2 is 2.06 bits per heavy atom. The maximum Gasteiger partial charge on any atom is 0.255 e. The third-order valence-corrected chi connectivity index (χ3v) is 6.93. The standard InChI is InChI=1S/C25H28ClN3O3/c1-31-23-9-7-17(13-20(23)26)22-10-8-18(32-22)14-29-12-11-21-19(15-29)25(30)28-24(27-21)16-5-3-2-4-6-16/h7-10,13,16H,2-6,11-12,14-15H2,1H3,(H,27,28,30). The maximum atomic E-state index is 12.8. The number of benzene rings is 1. The van der Waals surface area contributed by atoms with Gasteiger partial charge >= 0.3 is 0 Å². The number of nitrogens with zero attached hydrogens (tertiary/aromatic N) is 2. The fourth-order valence-corrected chi connectivity index (χ4v) is 5.12. The predicted octanol–water partition coefficient (Wildman–Crippen LogP) is 5.30. The van der Waals surface area contributed by atoms with E-state index in [1.54, 1.807) is 7.11 Å². The Kier molecular flexibility index (Phi) is 6.07. The molecular weight excluding hydrogens is 426 g/mol. The minimum absolute atomic E-state index is 0.0216. The normalized spacial score (nSPS) is 17.3. The molecule has 7 heteroatoms. The minimum Gasteiger partial charge on any atom is -0.495 e. The largest absolute Gasteiger partial charge is 0.495 e. The molecule has 1 fully saturated rings. The van der Waals surface area contributed by atoms with E-state index in [0.717, 1.165) is 60.0 Å². The second-order valence-electron chi connectivity index (χ2n) is 8.79. The van der Waals surface area contributed by atoms with Crippen LogP contribution in [0.1, 0.15) is 60.9 Å². The van der Waals surface area contributed by atoms with E-state index in [9.17, 15) is 4.79 Å². The van der Waals surface area contributed by atoms with Crippen molar-refractivity contribution in [1.29, 1.82) is 0 Å². The van der Waals surface area contributed by atoms with E-state index in [1.165, 1.54) is 19.3 Å². The molecule has 1 N–H and O–H groups in total. The molecule has 3 aromatic rings. The topological polar surface area (TPSA) is 71.4 Å². The third kappa shape index (κ3) is 4.34. The van der Waals surface area contributed by atoms with E-state index in [4.69, 9.17) is 25.7 Å². The number of nitrogens with one attached hydrogen (secondary N) is 1. The van der Waals surface area contributed by atoms with E-state index in [0.29, 0.717) is 29.8 Å². The number of aromatic amines is 1. The molecule has 1 saturated carbocycles. The highest BCUT2D eigenvalue weighted by Gasteiger charge is 2.25. The summed E-state index contributed by atoms with van der Waals surface area (Å²) < 4.78 is 11.3. The molecule has 0 amide bonds. The van der Waals surface area contributed by atoms with Crippen LogP contribution in [0, 0.1) is 0 Å². The molecule has 0 radical (unpaired) electrons. The number of H-pyrrole nitrogens is 1. The van der Waals surface area contributed by atoms with Crippen LogP contribution in [0.25, 0.3) is 11.3 Å². The number of fused-ring (bicyclic) bond motifs is 1. The van der Waals surface area contributed by atoms with Gasteiger partial charge < -0.3 is 14.1 Å². The van der Waals surface area contributed by atoms with Crippen LogP contribution in [0.4, 0.5) is 0 Å². The Balaban J connectivity index is 1.29. The lowest BCUT2D eigenvalue weighted by Crippen LogP contribution is -2.36. The number of hydrogen-bond acceptors (Lipinski definition) is 5. The number of methoxy groups -OCH3 is 1. The van der Waals surface area contributed by atoms with Crippen LogP contribution in [0.5, 0.6) is 5.75 Å². The number of hydrogen-bond donors (Lipinski definition) is 1. The molecule has 1 aliphatic heterocycles. The number of rotatable bonds is 5. The Morgan fingerprint density at radius 3 is 2.84 bits per heavy atom. The summed E-state index contributed by atoms with van der Waals surface area (Å²) >= 11 is 6.25. The maximum absolute atomic E-state index is 12.8. The fourth-order valence-electron chi connectivity index (χ4n) is 4.86. The van der Waals surface area contributed by atoms with Gasteiger partial charge in [0, 0.05) is 31.0 Å². The number of halogens is 1. The van der Waals surface area contributed by atoms with Crippen molar-refractivity contribution < 1.29 is 9.15 Å². The minimum atomic E-state index is 0.0216. The monoisotopic (exact) mass is 453 g/mol. The summed E-state index contributed by atoms with van der Waals surface area (Å²) in [6.45, 7) is 2.10. The lowest BCUT2D eigenvalue weighted by atomic mass is 9.88. The Hall–Kier alpha value is -2.57. The van der Waals surface area contributed by atoms with Crippen LogP contribution in [0.2, 0.25) is 5.02 Å². The summed E-state index contributed by atoms with van der Waals surface area (Å²) in [4.78, 5) is 23.0. The number of furan rings is 1. The summed E-state index contributed by atoms with van der Waals surface area (Å²) in [5.74, 6) is 3.57. The molecule has 1 aromatic carbocycles. The summed E-state index contributed by atoms with van der Waals surface area (Å²) in [6.07, 6.45) is 6.81. The van der Waals surface area contributed by atoms with E-state index in [1.807, 2.05) is 30.3 Å².